The minimum Gasteiger partial charge on any atom is -0.484 e. The number of thiazole rings is 1. The molecule has 0 aliphatic carbocycles. The van der Waals surface area contributed by atoms with Gasteiger partial charge in [0, 0.05) is 0 Å². The number of hydrogen-bond donors (Lipinski definition) is 2. The minimum absolute atomic E-state index is 0.145. The van der Waals surface area contributed by atoms with E-state index in [1.165, 1.54) is 11.3 Å². The molecule has 1 aromatic heterocycles. The molecular formula is C20H21N3O3S2. The summed E-state index contributed by atoms with van der Waals surface area (Å²) in [5.74, 6) is 0.741. The lowest BCUT2D eigenvalue weighted by Gasteiger charge is -2.17. The van der Waals surface area contributed by atoms with Crippen LogP contribution in [0.2, 0.25) is 0 Å². The van der Waals surface area contributed by atoms with E-state index in [-0.39, 0.29) is 18.4 Å². The molecule has 1 heterocycles. The van der Waals surface area contributed by atoms with Crippen LogP contribution in [0.25, 0.3) is 10.2 Å². The topological polar surface area (TPSA) is 80.3 Å². The number of carbonyl (C=O) groups is 2. The first-order chi connectivity index (χ1) is 13.7. The van der Waals surface area contributed by atoms with Crippen LogP contribution in [0.5, 0.6) is 5.75 Å². The van der Waals surface area contributed by atoms with Crippen LogP contribution >= 0.6 is 23.1 Å². The summed E-state index contributed by atoms with van der Waals surface area (Å²) in [5.41, 5.74) is 0.837. The second-order valence-corrected chi connectivity index (χ2v) is 8.00. The molecule has 28 heavy (non-hydrogen) atoms. The van der Waals surface area contributed by atoms with Crippen molar-refractivity contribution in [3.8, 4) is 5.75 Å². The Morgan fingerprint density at radius 1 is 1.14 bits per heavy atom. The summed E-state index contributed by atoms with van der Waals surface area (Å²) in [4.78, 5) is 29.4. The van der Waals surface area contributed by atoms with E-state index in [1.54, 1.807) is 23.9 Å². The van der Waals surface area contributed by atoms with E-state index < -0.39 is 6.04 Å². The Morgan fingerprint density at radius 3 is 2.64 bits per heavy atom. The van der Waals surface area contributed by atoms with Crippen molar-refractivity contribution in [3.05, 3.63) is 54.6 Å². The highest BCUT2D eigenvalue weighted by Gasteiger charge is 2.22. The first-order valence-electron chi connectivity index (χ1n) is 8.78. The van der Waals surface area contributed by atoms with Crippen LogP contribution in [0.3, 0.4) is 0 Å². The van der Waals surface area contributed by atoms with Crippen LogP contribution < -0.4 is 15.4 Å². The molecule has 3 aromatic rings. The normalized spacial score (nSPS) is 11.8. The lowest BCUT2D eigenvalue weighted by Crippen LogP contribution is -2.45. The monoisotopic (exact) mass is 415 g/mol. The summed E-state index contributed by atoms with van der Waals surface area (Å²) in [7, 11) is 0. The van der Waals surface area contributed by atoms with Gasteiger partial charge in [-0.1, -0.05) is 41.7 Å². The number of carbonyl (C=O) groups excluding carboxylic acids is 2. The van der Waals surface area contributed by atoms with Crippen LogP contribution in [0, 0.1) is 0 Å². The second-order valence-electron chi connectivity index (χ2n) is 5.98. The number of thioether (sulfide) groups is 1. The van der Waals surface area contributed by atoms with E-state index in [9.17, 15) is 9.59 Å². The van der Waals surface area contributed by atoms with Crippen molar-refractivity contribution in [3.63, 3.8) is 0 Å². The van der Waals surface area contributed by atoms with Gasteiger partial charge in [-0.2, -0.15) is 11.8 Å². The molecule has 6 nitrogen and oxygen atoms in total. The fourth-order valence-corrected chi connectivity index (χ4v) is 3.86. The number of benzene rings is 2. The Morgan fingerprint density at radius 2 is 1.89 bits per heavy atom. The minimum atomic E-state index is -0.647. The van der Waals surface area contributed by atoms with E-state index in [2.05, 4.69) is 15.6 Å². The summed E-state index contributed by atoms with van der Waals surface area (Å²) in [5, 5.41) is 6.11. The standard InChI is InChI=1S/C20H21N3O3S2/c1-27-12-11-16(21-18(24)13-26-14-7-3-2-4-8-14)19(25)23-20-22-15-9-5-6-10-17(15)28-20/h2-10,16H,11-13H2,1H3,(H,21,24)(H,22,23,25)/t16-/m1/s1. The second kappa shape index (κ2) is 10.1. The van der Waals surface area contributed by atoms with Gasteiger partial charge in [-0.3, -0.25) is 9.59 Å². The van der Waals surface area contributed by atoms with E-state index in [4.69, 9.17) is 4.74 Å². The SMILES string of the molecule is CSCC[C@@H](NC(=O)COc1ccccc1)C(=O)Nc1nc2ccccc2s1. The predicted molar refractivity (Wildman–Crippen MR) is 115 cm³/mol. The highest BCUT2D eigenvalue weighted by molar-refractivity contribution is 7.98. The molecule has 0 aliphatic heterocycles. The average molecular weight is 416 g/mol. The number of rotatable bonds is 9. The third-order valence-corrected chi connectivity index (χ3v) is 5.50. The molecule has 0 aliphatic rings. The zero-order valence-corrected chi connectivity index (χ0v) is 17.0. The van der Waals surface area contributed by atoms with Gasteiger partial charge in [-0.05, 0) is 42.7 Å². The van der Waals surface area contributed by atoms with Gasteiger partial charge >= 0.3 is 0 Å². The number of nitrogens with one attached hydrogen (secondary N) is 2. The lowest BCUT2D eigenvalue weighted by atomic mass is 10.2. The Kier molecular flexibility index (Phi) is 7.27. The van der Waals surface area contributed by atoms with Crippen molar-refractivity contribution in [2.75, 3.05) is 23.9 Å². The maximum absolute atomic E-state index is 12.7. The van der Waals surface area contributed by atoms with Crippen molar-refractivity contribution in [1.82, 2.24) is 10.3 Å². The zero-order chi connectivity index (χ0) is 19.8. The maximum atomic E-state index is 12.7. The molecule has 2 amide bonds. The number of nitrogens with zero attached hydrogens (tertiary/aromatic N) is 1. The molecule has 3 rings (SSSR count). The van der Waals surface area contributed by atoms with Gasteiger partial charge in [0.2, 0.25) is 5.91 Å². The van der Waals surface area contributed by atoms with Crippen LogP contribution in [0.15, 0.2) is 54.6 Å². The molecule has 0 spiro atoms. The predicted octanol–water partition coefficient (Wildman–Crippen LogP) is 3.55. The maximum Gasteiger partial charge on any atom is 0.258 e. The van der Waals surface area contributed by atoms with Crippen molar-refractivity contribution in [1.29, 1.82) is 0 Å². The number of amides is 2. The van der Waals surface area contributed by atoms with Gasteiger partial charge in [0.1, 0.15) is 11.8 Å². The van der Waals surface area contributed by atoms with E-state index >= 15 is 0 Å². The van der Waals surface area contributed by atoms with Gasteiger partial charge in [-0.15, -0.1) is 0 Å². The van der Waals surface area contributed by atoms with Crippen molar-refractivity contribution >= 4 is 50.3 Å². The molecule has 0 unspecified atom stereocenters. The smallest absolute Gasteiger partial charge is 0.258 e. The highest BCUT2D eigenvalue weighted by Crippen LogP contribution is 2.25. The molecule has 0 bridgehead atoms. The largest absolute Gasteiger partial charge is 0.484 e. The van der Waals surface area contributed by atoms with Crippen LogP contribution in [0.1, 0.15) is 6.42 Å². The van der Waals surface area contributed by atoms with Crippen LogP contribution in [-0.2, 0) is 9.59 Å². The first-order valence-corrected chi connectivity index (χ1v) is 11.0. The zero-order valence-electron chi connectivity index (χ0n) is 15.4. The van der Waals surface area contributed by atoms with Crippen molar-refractivity contribution in [2.24, 2.45) is 0 Å². The lowest BCUT2D eigenvalue weighted by molar-refractivity contribution is -0.127. The fraction of sp³-hybridized carbons (Fsp3) is 0.250. The highest BCUT2D eigenvalue weighted by atomic mass is 32.2. The molecule has 0 fully saturated rings. The molecule has 8 heteroatoms. The van der Waals surface area contributed by atoms with Crippen LogP contribution in [0.4, 0.5) is 5.13 Å². The Bertz CT molecular complexity index is 898. The molecule has 2 aromatic carbocycles. The third kappa shape index (κ3) is 5.71. The van der Waals surface area contributed by atoms with Crippen LogP contribution in [-0.4, -0.2) is 41.5 Å². The first kappa shape index (κ1) is 20.2. The quantitative estimate of drug-likeness (QED) is 0.559. The average Bonchev–Trinajstić information content (AvgIpc) is 3.12. The number of para-hydroxylation sites is 2. The summed E-state index contributed by atoms with van der Waals surface area (Å²) < 4.78 is 6.45. The van der Waals surface area contributed by atoms with Gasteiger partial charge in [0.05, 0.1) is 10.2 Å². The number of aromatic nitrogens is 1. The van der Waals surface area contributed by atoms with Crippen molar-refractivity contribution in [2.45, 2.75) is 12.5 Å². The molecule has 0 radical (unpaired) electrons. The number of anilines is 1. The van der Waals surface area contributed by atoms with E-state index in [1.807, 2.05) is 48.7 Å². The van der Waals surface area contributed by atoms with E-state index in [0.717, 1.165) is 16.0 Å². The summed E-state index contributed by atoms with van der Waals surface area (Å²) >= 11 is 3.03. The Labute approximate surface area is 171 Å². The molecule has 1 atom stereocenters. The number of hydrogen-bond acceptors (Lipinski definition) is 6. The molecule has 0 saturated carbocycles. The number of fused-ring (bicyclic) bond motifs is 1. The van der Waals surface area contributed by atoms with Crippen molar-refractivity contribution < 1.29 is 14.3 Å². The Hall–Kier alpha value is -2.58. The summed E-state index contributed by atoms with van der Waals surface area (Å²) in [6.45, 7) is -0.145. The van der Waals surface area contributed by atoms with Gasteiger partial charge in [-0.25, -0.2) is 4.98 Å². The third-order valence-electron chi connectivity index (χ3n) is 3.90. The summed E-state index contributed by atoms with van der Waals surface area (Å²) in [6.07, 6.45) is 2.48. The van der Waals surface area contributed by atoms with Gasteiger partial charge in [0.25, 0.3) is 5.91 Å². The fourth-order valence-electron chi connectivity index (χ4n) is 2.52. The molecule has 146 valence electrons. The Balaban J connectivity index is 1.59. The van der Waals surface area contributed by atoms with E-state index in [0.29, 0.717) is 17.3 Å². The summed E-state index contributed by atoms with van der Waals surface area (Å²) in [6, 6.07) is 16.1. The van der Waals surface area contributed by atoms with Gasteiger partial charge < -0.3 is 15.4 Å². The molecule has 2 N–H and O–H groups in total. The number of ether oxygens (including phenoxy) is 1. The molecule has 0 saturated heterocycles. The van der Waals surface area contributed by atoms with Gasteiger partial charge in [0.15, 0.2) is 11.7 Å². The molecular weight excluding hydrogens is 394 g/mol.